The number of carbonyl (C=O) groups excluding carboxylic acids is 2. The number of hydrogen-bond acceptors (Lipinski definition) is 7. The van der Waals surface area contributed by atoms with Crippen LogP contribution in [0.15, 0.2) is 30.3 Å². The van der Waals surface area contributed by atoms with E-state index in [4.69, 9.17) is 21.1 Å². The van der Waals surface area contributed by atoms with Crippen LogP contribution in [0.5, 0.6) is 5.06 Å². The zero-order valence-corrected chi connectivity index (χ0v) is 19.2. The number of amides is 1. The number of methoxy groups -OCH3 is 1. The number of carbonyl (C=O) groups is 2. The molecule has 31 heavy (non-hydrogen) atoms. The summed E-state index contributed by atoms with van der Waals surface area (Å²) in [5, 5.41) is 1.14. The highest BCUT2D eigenvalue weighted by Crippen LogP contribution is 2.38. The first kappa shape index (κ1) is 22.1. The molecule has 1 saturated heterocycles. The number of benzene rings is 1. The molecule has 1 fully saturated rings. The molecule has 3 heterocycles. The minimum absolute atomic E-state index is 0.299. The van der Waals surface area contributed by atoms with Crippen LogP contribution >= 0.6 is 22.9 Å². The van der Waals surface area contributed by atoms with Crippen LogP contribution in [0.1, 0.15) is 22.0 Å². The molecule has 0 bridgehead atoms. The Balaban J connectivity index is 1.48. The first-order chi connectivity index (χ1) is 15.0. The zero-order chi connectivity index (χ0) is 22.0. The highest BCUT2D eigenvalue weighted by atomic mass is 35.5. The molecule has 1 amide bonds. The van der Waals surface area contributed by atoms with E-state index in [0.717, 1.165) is 30.6 Å². The molecule has 9 heteroatoms. The first-order valence-corrected chi connectivity index (χ1v) is 11.5. The predicted octanol–water partition coefficient (Wildman–Crippen LogP) is 3.42. The van der Waals surface area contributed by atoms with Gasteiger partial charge < -0.3 is 19.3 Å². The van der Waals surface area contributed by atoms with Crippen molar-refractivity contribution in [1.29, 1.82) is 0 Å². The monoisotopic (exact) mass is 463 g/mol. The highest BCUT2D eigenvalue weighted by Gasteiger charge is 2.33. The molecular weight excluding hydrogens is 438 g/mol. The van der Waals surface area contributed by atoms with Gasteiger partial charge >= 0.3 is 12.1 Å². The molecule has 1 aromatic heterocycles. The van der Waals surface area contributed by atoms with Crippen LogP contribution in [-0.2, 0) is 22.5 Å². The van der Waals surface area contributed by atoms with Crippen LogP contribution in [0.25, 0.3) is 0 Å². The number of piperazine rings is 1. The average Bonchev–Trinajstić information content (AvgIpc) is 3.17. The third-order valence-corrected chi connectivity index (χ3v) is 7.27. The maximum Gasteiger partial charge on any atom is 0.416 e. The summed E-state index contributed by atoms with van der Waals surface area (Å²) < 4.78 is 10.7. The fourth-order valence-corrected chi connectivity index (χ4v) is 5.26. The number of esters is 1. The van der Waals surface area contributed by atoms with Crippen molar-refractivity contribution in [2.45, 2.75) is 19.0 Å². The maximum atomic E-state index is 12.6. The normalized spacial score (nSPS) is 18.4. The summed E-state index contributed by atoms with van der Waals surface area (Å²) in [6.07, 6.45) is 0.469. The Morgan fingerprint density at radius 2 is 1.87 bits per heavy atom. The summed E-state index contributed by atoms with van der Waals surface area (Å²) in [7, 11) is 3.44. The summed E-state index contributed by atoms with van der Waals surface area (Å²) in [5.41, 5.74) is 1.80. The van der Waals surface area contributed by atoms with E-state index < -0.39 is 6.04 Å². The second-order valence-electron chi connectivity index (χ2n) is 7.84. The van der Waals surface area contributed by atoms with Gasteiger partial charge in [0.05, 0.1) is 7.11 Å². The molecule has 1 atom stereocenters. The first-order valence-electron chi connectivity index (χ1n) is 10.3. The van der Waals surface area contributed by atoms with Gasteiger partial charge in [0.15, 0.2) is 5.06 Å². The van der Waals surface area contributed by atoms with E-state index in [1.807, 2.05) is 31.3 Å². The van der Waals surface area contributed by atoms with Crippen LogP contribution in [0, 0.1) is 0 Å². The summed E-state index contributed by atoms with van der Waals surface area (Å²) in [6, 6.07) is 8.68. The van der Waals surface area contributed by atoms with Gasteiger partial charge in [-0.1, -0.05) is 29.8 Å². The number of likely N-dealkylation sites (N-methyl/N-ethyl adjacent to an activating group) is 1. The Morgan fingerprint density at radius 1 is 1.13 bits per heavy atom. The molecule has 0 aliphatic carbocycles. The molecule has 0 radical (unpaired) electrons. The van der Waals surface area contributed by atoms with Gasteiger partial charge in [-0.3, -0.25) is 4.90 Å². The number of hydrogen-bond donors (Lipinski definition) is 0. The number of rotatable bonds is 4. The molecule has 2 aliphatic heterocycles. The van der Waals surface area contributed by atoms with Gasteiger partial charge in [-0.15, -0.1) is 11.3 Å². The van der Waals surface area contributed by atoms with Crippen molar-refractivity contribution in [2.75, 3.05) is 46.9 Å². The van der Waals surface area contributed by atoms with Gasteiger partial charge in [0.1, 0.15) is 6.04 Å². The van der Waals surface area contributed by atoms with Crippen molar-refractivity contribution in [3.63, 3.8) is 0 Å². The number of halogens is 1. The Morgan fingerprint density at radius 3 is 2.58 bits per heavy atom. The van der Waals surface area contributed by atoms with Crippen molar-refractivity contribution in [3.05, 3.63) is 51.4 Å². The number of thiophene rings is 1. The Kier molecular flexibility index (Phi) is 6.81. The smallest absolute Gasteiger partial charge is 0.416 e. The SMILES string of the molecule is COC(=O)C(c1ccccc1Cl)N1CCc2sc(OC(=O)N3CCN(C)CC3)cc2C1. The molecule has 2 aromatic rings. The lowest BCUT2D eigenvalue weighted by atomic mass is 10.0. The largest absolute Gasteiger partial charge is 0.468 e. The van der Waals surface area contributed by atoms with E-state index >= 15 is 0 Å². The number of ether oxygens (including phenoxy) is 2. The van der Waals surface area contributed by atoms with Crippen LogP contribution in [-0.4, -0.2) is 73.6 Å². The van der Waals surface area contributed by atoms with E-state index in [1.54, 1.807) is 11.0 Å². The van der Waals surface area contributed by atoms with Crippen molar-refractivity contribution in [1.82, 2.24) is 14.7 Å². The maximum absolute atomic E-state index is 12.6. The minimum Gasteiger partial charge on any atom is -0.468 e. The van der Waals surface area contributed by atoms with Crippen molar-refractivity contribution < 1.29 is 19.1 Å². The van der Waals surface area contributed by atoms with Gasteiger partial charge in [-0.05, 0) is 36.7 Å². The lowest BCUT2D eigenvalue weighted by molar-refractivity contribution is -0.147. The van der Waals surface area contributed by atoms with E-state index in [0.29, 0.717) is 36.3 Å². The minimum atomic E-state index is -0.580. The van der Waals surface area contributed by atoms with Gasteiger partial charge in [-0.2, -0.15) is 0 Å². The third-order valence-electron chi connectivity index (χ3n) is 5.81. The Hall–Kier alpha value is -2.13. The third kappa shape index (κ3) is 4.87. The summed E-state index contributed by atoms with van der Waals surface area (Å²) >= 11 is 7.89. The predicted molar refractivity (Wildman–Crippen MR) is 120 cm³/mol. The van der Waals surface area contributed by atoms with Crippen molar-refractivity contribution >= 4 is 35.0 Å². The second kappa shape index (κ2) is 9.56. The van der Waals surface area contributed by atoms with Crippen LogP contribution in [0.4, 0.5) is 4.79 Å². The molecule has 166 valence electrons. The topological polar surface area (TPSA) is 62.3 Å². The van der Waals surface area contributed by atoms with Gasteiger partial charge in [0, 0.05) is 49.2 Å². The van der Waals surface area contributed by atoms with Crippen molar-refractivity contribution in [2.24, 2.45) is 0 Å². The van der Waals surface area contributed by atoms with Crippen molar-refractivity contribution in [3.8, 4) is 5.06 Å². The van der Waals surface area contributed by atoms with E-state index in [1.165, 1.54) is 23.3 Å². The molecule has 2 aliphatic rings. The molecule has 4 rings (SSSR count). The summed E-state index contributed by atoms with van der Waals surface area (Å²) in [4.78, 5) is 32.3. The van der Waals surface area contributed by atoms with E-state index in [9.17, 15) is 9.59 Å². The Labute approximate surface area is 191 Å². The number of nitrogens with zero attached hydrogens (tertiary/aromatic N) is 3. The van der Waals surface area contributed by atoms with Gasteiger partial charge in [-0.25, -0.2) is 9.59 Å². The highest BCUT2D eigenvalue weighted by molar-refractivity contribution is 7.14. The quantitative estimate of drug-likeness (QED) is 0.647. The second-order valence-corrected chi connectivity index (χ2v) is 9.35. The van der Waals surface area contributed by atoms with Crippen LogP contribution in [0.3, 0.4) is 0 Å². The molecule has 0 N–H and O–H groups in total. The zero-order valence-electron chi connectivity index (χ0n) is 17.7. The fraction of sp³-hybridized carbons (Fsp3) is 0.455. The van der Waals surface area contributed by atoms with Gasteiger partial charge in [0.2, 0.25) is 0 Å². The Bertz CT molecular complexity index is 958. The lowest BCUT2D eigenvalue weighted by Gasteiger charge is -2.33. The summed E-state index contributed by atoms with van der Waals surface area (Å²) in [6.45, 7) is 4.29. The van der Waals surface area contributed by atoms with E-state index in [2.05, 4.69) is 9.80 Å². The number of fused-ring (bicyclic) bond motifs is 1. The molecule has 0 saturated carbocycles. The average molecular weight is 464 g/mol. The molecule has 7 nitrogen and oxygen atoms in total. The molecule has 1 unspecified atom stereocenters. The van der Waals surface area contributed by atoms with Crippen LogP contribution < -0.4 is 4.74 Å². The van der Waals surface area contributed by atoms with Gasteiger partial charge in [0.25, 0.3) is 0 Å². The molecular formula is C22H26ClN3O4S. The summed E-state index contributed by atoms with van der Waals surface area (Å²) in [5.74, 6) is -0.339. The van der Waals surface area contributed by atoms with Crippen LogP contribution in [0.2, 0.25) is 5.02 Å². The standard InChI is InChI=1S/C22H26ClN3O4S/c1-24-9-11-25(12-10-24)22(28)30-19-13-15-14-26(8-7-18(15)31-19)20(21(27)29-2)16-5-3-4-6-17(16)23/h3-6,13,20H,7-12,14H2,1-2H3. The van der Waals surface area contributed by atoms with E-state index in [-0.39, 0.29) is 12.1 Å². The lowest BCUT2D eigenvalue weighted by Crippen LogP contribution is -2.48. The fourth-order valence-electron chi connectivity index (χ4n) is 4.02. The molecule has 0 spiro atoms. The molecule has 1 aromatic carbocycles.